The quantitative estimate of drug-likeness (QED) is 0.549. The van der Waals surface area contributed by atoms with Crippen molar-refractivity contribution in [1.29, 1.82) is 0 Å². The highest BCUT2D eigenvalue weighted by atomic mass is 32.2. The van der Waals surface area contributed by atoms with Crippen LogP contribution in [0.5, 0.6) is 0 Å². The molecule has 0 fully saturated rings. The second-order valence-corrected chi connectivity index (χ2v) is 9.30. The molecule has 11 nitrogen and oxygen atoms in total. The summed E-state index contributed by atoms with van der Waals surface area (Å²) < 4.78 is 46.2. The number of fused-ring (bicyclic) bond motifs is 2. The molecule has 2 aliphatic rings. The van der Waals surface area contributed by atoms with Crippen LogP contribution in [0.3, 0.4) is 0 Å². The van der Waals surface area contributed by atoms with Gasteiger partial charge < -0.3 is 25.0 Å². The van der Waals surface area contributed by atoms with E-state index in [-0.39, 0.29) is 18.6 Å². The van der Waals surface area contributed by atoms with Crippen molar-refractivity contribution >= 4 is 28.5 Å². The van der Waals surface area contributed by atoms with Crippen molar-refractivity contribution in [2.75, 3.05) is 29.1 Å². The molecular formula is C18H24F3N7O4S. The van der Waals surface area contributed by atoms with Gasteiger partial charge in [-0.1, -0.05) is 13.8 Å². The number of aliphatic hydroxyl groups is 1. The molecule has 0 amide bonds. The van der Waals surface area contributed by atoms with Crippen LogP contribution >= 0.6 is 0 Å². The molecule has 15 heteroatoms. The van der Waals surface area contributed by atoms with Gasteiger partial charge in [0.25, 0.3) is 0 Å². The van der Waals surface area contributed by atoms with E-state index in [4.69, 9.17) is 9.90 Å². The van der Waals surface area contributed by atoms with Crippen molar-refractivity contribution in [3.63, 3.8) is 0 Å². The van der Waals surface area contributed by atoms with Gasteiger partial charge in [-0.05, 0) is 5.92 Å². The highest BCUT2D eigenvalue weighted by molar-refractivity contribution is 7.85. The molecule has 1 unspecified atom stereocenters. The minimum atomic E-state index is -5.08. The van der Waals surface area contributed by atoms with Gasteiger partial charge in [0.2, 0.25) is 5.95 Å². The number of hydrogen-bond donors (Lipinski definition) is 3. The van der Waals surface area contributed by atoms with Crippen molar-refractivity contribution in [2.24, 2.45) is 5.92 Å². The van der Waals surface area contributed by atoms with Gasteiger partial charge in [0.15, 0.2) is 5.82 Å². The lowest BCUT2D eigenvalue weighted by Gasteiger charge is -2.28. The normalized spacial score (nSPS) is 18.3. The standard InChI is InChI=1S/C16H23N7O2S.C2HF3O2/c1-10(2)12(8-24)18-15-14-11(3-6-26(14)25)19-16(20-15)22-4-5-23-9-17-21-13(23)7-22;3-2(4,5)1(6)7/h9-10,12,24H,3-8H2,1-2H3,(H,18,19,20);(H,6,7)/t12-,26?;/m0./s1. The maximum absolute atomic E-state index is 12.4. The Labute approximate surface area is 189 Å². The highest BCUT2D eigenvalue weighted by Gasteiger charge is 2.38. The molecular weight excluding hydrogens is 467 g/mol. The first-order chi connectivity index (χ1) is 15.5. The predicted octanol–water partition coefficient (Wildman–Crippen LogP) is 0.814. The number of aliphatic hydroxyl groups excluding tert-OH is 1. The van der Waals surface area contributed by atoms with Gasteiger partial charge in [0.1, 0.15) is 17.0 Å². The van der Waals surface area contributed by atoms with Gasteiger partial charge in [-0.25, -0.2) is 9.78 Å². The average Bonchev–Trinajstić information content (AvgIpc) is 3.37. The van der Waals surface area contributed by atoms with Crippen molar-refractivity contribution in [3.8, 4) is 0 Å². The first-order valence-corrected chi connectivity index (χ1v) is 11.4. The lowest BCUT2D eigenvalue weighted by molar-refractivity contribution is -0.192. The molecule has 0 aromatic carbocycles. The number of nitrogens with one attached hydrogen (secondary N) is 1. The second-order valence-electron chi connectivity index (χ2n) is 7.79. The summed E-state index contributed by atoms with van der Waals surface area (Å²) in [5, 5.41) is 28.2. The molecule has 0 aliphatic carbocycles. The molecule has 4 heterocycles. The Morgan fingerprint density at radius 2 is 2.00 bits per heavy atom. The molecule has 2 atom stereocenters. The van der Waals surface area contributed by atoms with Crippen molar-refractivity contribution in [1.82, 2.24) is 24.7 Å². The van der Waals surface area contributed by atoms with Crippen LogP contribution in [0.25, 0.3) is 0 Å². The van der Waals surface area contributed by atoms with E-state index in [2.05, 4.69) is 30.4 Å². The number of hydrogen-bond acceptors (Lipinski definition) is 9. The van der Waals surface area contributed by atoms with E-state index in [1.54, 1.807) is 6.33 Å². The van der Waals surface area contributed by atoms with E-state index >= 15 is 0 Å². The maximum Gasteiger partial charge on any atom is 0.490 e. The van der Waals surface area contributed by atoms with Crippen LogP contribution in [0, 0.1) is 5.92 Å². The van der Waals surface area contributed by atoms with Gasteiger partial charge in [0.05, 0.1) is 35.7 Å². The van der Waals surface area contributed by atoms with Gasteiger partial charge in [-0.15, -0.1) is 10.2 Å². The lowest BCUT2D eigenvalue weighted by Crippen LogP contribution is -2.35. The van der Waals surface area contributed by atoms with E-state index in [9.17, 15) is 22.5 Å². The fraction of sp³-hybridized carbons (Fsp3) is 0.611. The topological polar surface area (TPSA) is 146 Å². The predicted molar refractivity (Wildman–Crippen MR) is 111 cm³/mol. The molecule has 0 saturated heterocycles. The smallest absolute Gasteiger partial charge is 0.475 e. The Morgan fingerprint density at radius 1 is 1.30 bits per heavy atom. The maximum atomic E-state index is 12.4. The first kappa shape index (κ1) is 24.8. The van der Waals surface area contributed by atoms with Crippen molar-refractivity contribution in [3.05, 3.63) is 17.8 Å². The number of carboxylic acid groups (broad SMARTS) is 1. The third-order valence-corrected chi connectivity index (χ3v) is 6.62. The molecule has 0 bridgehead atoms. The number of carbonyl (C=O) groups is 1. The zero-order chi connectivity index (χ0) is 24.3. The molecule has 0 spiro atoms. The Balaban J connectivity index is 0.000000383. The van der Waals surface area contributed by atoms with Crippen LogP contribution in [0.2, 0.25) is 0 Å². The van der Waals surface area contributed by atoms with E-state index < -0.39 is 22.9 Å². The molecule has 3 N–H and O–H groups in total. The number of nitrogens with zero attached hydrogens (tertiary/aromatic N) is 6. The van der Waals surface area contributed by atoms with Gasteiger partial charge >= 0.3 is 12.1 Å². The Kier molecular flexibility index (Phi) is 7.51. The summed E-state index contributed by atoms with van der Waals surface area (Å²) in [6.07, 6.45) is -2.66. The molecule has 182 valence electrons. The first-order valence-electron chi connectivity index (χ1n) is 10.1. The number of alkyl halides is 3. The lowest BCUT2D eigenvalue weighted by atomic mass is 10.1. The molecule has 2 aromatic rings. The SMILES string of the molecule is CC(C)[C@H](CO)Nc1nc(N2CCn3cnnc3C2)nc2c1S(=O)CC2.O=C(O)C(F)(F)F. The number of halogens is 3. The van der Waals surface area contributed by atoms with Crippen LogP contribution in [0.15, 0.2) is 11.2 Å². The number of carboxylic acids is 1. The van der Waals surface area contributed by atoms with Crippen LogP contribution in [0.4, 0.5) is 24.9 Å². The monoisotopic (exact) mass is 491 g/mol. The summed E-state index contributed by atoms with van der Waals surface area (Å²) >= 11 is 0. The second kappa shape index (κ2) is 9.99. The zero-order valence-corrected chi connectivity index (χ0v) is 18.7. The van der Waals surface area contributed by atoms with E-state index in [1.807, 2.05) is 18.4 Å². The summed E-state index contributed by atoms with van der Waals surface area (Å²) in [5.41, 5.74) is 0.836. The third-order valence-electron chi connectivity index (χ3n) is 5.16. The Morgan fingerprint density at radius 3 is 2.61 bits per heavy atom. The van der Waals surface area contributed by atoms with Crippen LogP contribution in [-0.2, 0) is 35.1 Å². The minimum absolute atomic E-state index is 0.00870. The molecule has 0 saturated carbocycles. The number of aryl methyl sites for hydroxylation is 1. The summed E-state index contributed by atoms with van der Waals surface area (Å²) in [6, 6.07) is -0.149. The average molecular weight is 491 g/mol. The van der Waals surface area contributed by atoms with E-state index in [1.165, 1.54) is 0 Å². The fourth-order valence-electron chi connectivity index (χ4n) is 3.26. The summed E-state index contributed by atoms with van der Waals surface area (Å²) in [5.74, 6) is 0.112. The van der Waals surface area contributed by atoms with Gasteiger partial charge in [-0.2, -0.15) is 18.2 Å². The molecule has 2 aliphatic heterocycles. The largest absolute Gasteiger partial charge is 0.490 e. The van der Waals surface area contributed by atoms with Crippen molar-refractivity contribution in [2.45, 2.75) is 50.5 Å². The van der Waals surface area contributed by atoms with Crippen LogP contribution < -0.4 is 10.2 Å². The van der Waals surface area contributed by atoms with E-state index in [0.29, 0.717) is 35.4 Å². The van der Waals surface area contributed by atoms with E-state index in [0.717, 1.165) is 24.6 Å². The number of rotatable bonds is 5. The molecule has 2 aromatic heterocycles. The third kappa shape index (κ3) is 5.76. The summed E-state index contributed by atoms with van der Waals surface area (Å²) in [7, 11) is -1.10. The number of aromatic nitrogens is 5. The molecule has 0 radical (unpaired) electrons. The van der Waals surface area contributed by atoms with Gasteiger partial charge in [0, 0.05) is 25.3 Å². The summed E-state index contributed by atoms with van der Waals surface area (Å²) in [6.45, 7) is 6.19. The highest BCUT2D eigenvalue weighted by Crippen LogP contribution is 2.31. The van der Waals surface area contributed by atoms with Crippen LogP contribution in [0.1, 0.15) is 25.4 Å². The minimum Gasteiger partial charge on any atom is -0.475 e. The van der Waals surface area contributed by atoms with Crippen LogP contribution in [-0.4, -0.2) is 76.2 Å². The Hall–Kier alpha value is -2.81. The Bertz CT molecular complexity index is 1030. The van der Waals surface area contributed by atoms with Gasteiger partial charge in [-0.3, -0.25) is 4.21 Å². The molecule has 33 heavy (non-hydrogen) atoms. The number of anilines is 2. The summed E-state index contributed by atoms with van der Waals surface area (Å²) in [4.78, 5) is 21.0. The fourth-order valence-corrected chi connectivity index (χ4v) is 4.57. The molecule has 4 rings (SSSR count). The van der Waals surface area contributed by atoms with Crippen molar-refractivity contribution < 1.29 is 32.4 Å². The zero-order valence-electron chi connectivity index (χ0n) is 17.9. The number of aliphatic carboxylic acids is 1.